The first-order chi connectivity index (χ1) is 11.0. The van der Waals surface area contributed by atoms with E-state index in [1.54, 1.807) is 11.4 Å². The summed E-state index contributed by atoms with van der Waals surface area (Å²) in [6.45, 7) is 5.18. The standard InChI is InChI=1S/C18H26N2O2S/c1-3-20-12-10-17(11-13-20)19(2)23(21,22)18-9-8-15-6-4-5-7-16(15)14-18/h4-7,14,17H,3,8-13H2,1-2H3. The summed E-state index contributed by atoms with van der Waals surface area (Å²) in [4.78, 5) is 2.95. The Bertz CT molecular complexity index is 689. The van der Waals surface area contributed by atoms with Gasteiger partial charge in [0.1, 0.15) is 0 Å². The third-order valence-electron chi connectivity index (χ3n) is 5.24. The van der Waals surface area contributed by atoms with Crippen molar-refractivity contribution < 1.29 is 8.42 Å². The Morgan fingerprint density at radius 1 is 1.17 bits per heavy atom. The number of sulfonamides is 1. The molecule has 1 aromatic carbocycles. The molecule has 0 bridgehead atoms. The minimum atomic E-state index is -3.35. The van der Waals surface area contributed by atoms with Gasteiger partial charge in [-0.05, 0) is 62.5 Å². The van der Waals surface area contributed by atoms with Gasteiger partial charge in [0.05, 0.1) is 4.91 Å². The van der Waals surface area contributed by atoms with Crippen molar-refractivity contribution in [3.63, 3.8) is 0 Å². The van der Waals surface area contributed by atoms with Gasteiger partial charge in [0.25, 0.3) is 0 Å². The zero-order chi connectivity index (χ0) is 16.4. The molecule has 0 spiro atoms. The van der Waals surface area contributed by atoms with Crippen LogP contribution in [0.4, 0.5) is 0 Å². The van der Waals surface area contributed by atoms with E-state index in [4.69, 9.17) is 0 Å². The third kappa shape index (κ3) is 3.37. The Balaban J connectivity index is 1.78. The highest BCUT2D eigenvalue weighted by atomic mass is 32.2. The number of allylic oxidation sites excluding steroid dienone is 1. The first kappa shape index (κ1) is 16.7. The fraction of sp³-hybridized carbons (Fsp3) is 0.556. The van der Waals surface area contributed by atoms with Crippen LogP contribution in [0.25, 0.3) is 6.08 Å². The molecule has 0 saturated carbocycles. The predicted molar refractivity (Wildman–Crippen MR) is 94.6 cm³/mol. The molecule has 0 atom stereocenters. The minimum Gasteiger partial charge on any atom is -0.303 e. The highest BCUT2D eigenvalue weighted by Crippen LogP contribution is 2.30. The van der Waals surface area contributed by atoms with Gasteiger partial charge in [-0.25, -0.2) is 8.42 Å². The number of likely N-dealkylation sites (tertiary alicyclic amines) is 1. The number of fused-ring (bicyclic) bond motifs is 1. The number of nitrogens with zero attached hydrogens (tertiary/aromatic N) is 2. The number of hydrogen-bond donors (Lipinski definition) is 0. The minimum absolute atomic E-state index is 0.126. The molecular weight excluding hydrogens is 308 g/mol. The molecule has 0 amide bonds. The van der Waals surface area contributed by atoms with E-state index >= 15 is 0 Å². The van der Waals surface area contributed by atoms with Gasteiger partial charge in [0, 0.05) is 13.1 Å². The van der Waals surface area contributed by atoms with Gasteiger partial charge < -0.3 is 4.90 Å². The van der Waals surface area contributed by atoms with Gasteiger partial charge in [0.15, 0.2) is 0 Å². The molecule has 1 heterocycles. The maximum absolute atomic E-state index is 13.0. The summed E-state index contributed by atoms with van der Waals surface area (Å²) < 4.78 is 27.6. The highest BCUT2D eigenvalue weighted by molar-refractivity contribution is 7.93. The van der Waals surface area contributed by atoms with Crippen LogP contribution in [0.2, 0.25) is 0 Å². The monoisotopic (exact) mass is 334 g/mol. The predicted octanol–water partition coefficient (Wildman–Crippen LogP) is 2.72. The lowest BCUT2D eigenvalue weighted by molar-refractivity contribution is 0.177. The SMILES string of the molecule is CCN1CCC(N(C)S(=O)(=O)C2=Cc3ccccc3CC2)CC1. The van der Waals surface area contributed by atoms with Crippen molar-refractivity contribution in [3.05, 3.63) is 40.3 Å². The van der Waals surface area contributed by atoms with Crippen molar-refractivity contribution in [1.29, 1.82) is 0 Å². The summed E-state index contributed by atoms with van der Waals surface area (Å²) in [6.07, 6.45) is 5.13. The molecule has 4 nitrogen and oxygen atoms in total. The van der Waals surface area contributed by atoms with Crippen LogP contribution in [-0.2, 0) is 16.4 Å². The molecule has 23 heavy (non-hydrogen) atoms. The van der Waals surface area contributed by atoms with E-state index in [-0.39, 0.29) is 6.04 Å². The molecule has 2 aliphatic rings. The lowest BCUT2D eigenvalue weighted by atomic mass is 9.98. The van der Waals surface area contributed by atoms with Crippen LogP contribution in [0.15, 0.2) is 29.2 Å². The van der Waals surface area contributed by atoms with Crippen LogP contribution >= 0.6 is 0 Å². The van der Waals surface area contributed by atoms with E-state index in [0.29, 0.717) is 11.3 Å². The molecule has 3 rings (SSSR count). The fourth-order valence-electron chi connectivity index (χ4n) is 3.59. The molecular formula is C18H26N2O2S. The van der Waals surface area contributed by atoms with Crippen LogP contribution in [0.1, 0.15) is 37.3 Å². The van der Waals surface area contributed by atoms with E-state index in [9.17, 15) is 8.42 Å². The van der Waals surface area contributed by atoms with E-state index in [1.165, 1.54) is 5.56 Å². The number of hydrogen-bond acceptors (Lipinski definition) is 3. The highest BCUT2D eigenvalue weighted by Gasteiger charge is 2.32. The second kappa shape index (κ2) is 6.75. The first-order valence-electron chi connectivity index (χ1n) is 8.51. The molecule has 1 aliphatic heterocycles. The van der Waals surface area contributed by atoms with Crippen molar-refractivity contribution in [3.8, 4) is 0 Å². The van der Waals surface area contributed by atoms with Crippen molar-refractivity contribution in [2.24, 2.45) is 0 Å². The van der Waals surface area contributed by atoms with Crippen molar-refractivity contribution in [1.82, 2.24) is 9.21 Å². The Kier molecular flexibility index (Phi) is 4.90. The number of aryl methyl sites for hydroxylation is 1. The number of piperidine rings is 1. The largest absolute Gasteiger partial charge is 0.303 e. The number of rotatable bonds is 4. The fourth-order valence-corrected chi connectivity index (χ4v) is 5.20. The molecule has 1 fully saturated rings. The Labute approximate surface area is 139 Å². The zero-order valence-corrected chi connectivity index (χ0v) is 14.8. The second-order valence-electron chi connectivity index (χ2n) is 6.50. The topological polar surface area (TPSA) is 40.6 Å². The lowest BCUT2D eigenvalue weighted by Gasteiger charge is -2.36. The normalized spacial score (nSPS) is 20.4. The summed E-state index contributed by atoms with van der Waals surface area (Å²) in [5.74, 6) is 0. The lowest BCUT2D eigenvalue weighted by Crippen LogP contribution is -2.45. The second-order valence-corrected chi connectivity index (χ2v) is 8.55. The maximum atomic E-state index is 13.0. The molecule has 1 aliphatic carbocycles. The maximum Gasteiger partial charge on any atom is 0.239 e. The van der Waals surface area contributed by atoms with E-state index < -0.39 is 10.0 Å². The Morgan fingerprint density at radius 3 is 2.57 bits per heavy atom. The molecule has 0 N–H and O–H groups in total. The third-order valence-corrected chi connectivity index (χ3v) is 7.28. The summed E-state index contributed by atoms with van der Waals surface area (Å²) in [5, 5.41) is 0. The Morgan fingerprint density at radius 2 is 1.87 bits per heavy atom. The van der Waals surface area contributed by atoms with Crippen molar-refractivity contribution in [2.75, 3.05) is 26.7 Å². The molecule has 0 radical (unpaired) electrons. The van der Waals surface area contributed by atoms with Crippen LogP contribution in [-0.4, -0.2) is 50.3 Å². The van der Waals surface area contributed by atoms with Gasteiger partial charge in [0.2, 0.25) is 10.0 Å². The van der Waals surface area contributed by atoms with Gasteiger partial charge in [-0.15, -0.1) is 0 Å². The Hall–Kier alpha value is -1.17. The van der Waals surface area contributed by atoms with E-state index in [2.05, 4.69) is 17.9 Å². The quantitative estimate of drug-likeness (QED) is 0.850. The summed E-state index contributed by atoms with van der Waals surface area (Å²) in [5.41, 5.74) is 2.29. The molecule has 1 saturated heterocycles. The van der Waals surface area contributed by atoms with Gasteiger partial charge >= 0.3 is 0 Å². The molecule has 126 valence electrons. The molecule has 5 heteroatoms. The van der Waals surface area contributed by atoms with Crippen molar-refractivity contribution in [2.45, 2.75) is 38.6 Å². The molecule has 1 aromatic rings. The summed E-state index contributed by atoms with van der Waals surface area (Å²) in [7, 11) is -1.60. The number of benzene rings is 1. The average Bonchev–Trinajstić information content (AvgIpc) is 2.60. The van der Waals surface area contributed by atoms with Crippen LogP contribution in [0.5, 0.6) is 0 Å². The van der Waals surface area contributed by atoms with Crippen LogP contribution in [0, 0.1) is 0 Å². The van der Waals surface area contributed by atoms with Gasteiger partial charge in [-0.1, -0.05) is 31.2 Å². The molecule has 0 unspecified atom stereocenters. The summed E-state index contributed by atoms with van der Waals surface area (Å²) in [6, 6.07) is 8.19. The first-order valence-corrected chi connectivity index (χ1v) is 9.95. The van der Waals surface area contributed by atoms with Crippen LogP contribution < -0.4 is 0 Å². The van der Waals surface area contributed by atoms with E-state index in [1.807, 2.05) is 24.3 Å². The van der Waals surface area contributed by atoms with E-state index in [0.717, 1.165) is 44.5 Å². The van der Waals surface area contributed by atoms with Crippen LogP contribution in [0.3, 0.4) is 0 Å². The molecule has 0 aromatic heterocycles. The summed E-state index contributed by atoms with van der Waals surface area (Å²) >= 11 is 0. The smallest absolute Gasteiger partial charge is 0.239 e. The zero-order valence-electron chi connectivity index (χ0n) is 14.0. The van der Waals surface area contributed by atoms with Crippen molar-refractivity contribution >= 4 is 16.1 Å². The average molecular weight is 334 g/mol. The van der Waals surface area contributed by atoms with Gasteiger partial charge in [-0.2, -0.15) is 4.31 Å². The van der Waals surface area contributed by atoms with Gasteiger partial charge in [-0.3, -0.25) is 0 Å².